The number of allylic oxidation sites excluding steroid dienone is 4. The third kappa shape index (κ3) is 6.90. The van der Waals surface area contributed by atoms with Crippen molar-refractivity contribution in [2.24, 2.45) is 0 Å². The van der Waals surface area contributed by atoms with Crippen molar-refractivity contribution in [2.45, 2.75) is 141 Å². The molecular weight excluding hydrogens is 775 g/mol. The quantitative estimate of drug-likeness (QED) is 0.160. The predicted octanol–water partition coefficient (Wildman–Crippen LogP) is 13.0. The standard InChI is InChI=1S/C21H25.2C12H15.C5H5.CH2.2ClH.Zr/c1-20(2,3)16-7-9-18-14(12-16)11-15-13-17(21(4,5)6)8-10-19(15)18;2*1-3-7-11(8-4-1)12-9-5-2-6-10-12;1-2-4-5-3-1;;;;/h7-10,12H,11H2,1-6H3;2*5-6,9-11H,1,3-4,7-8H2;1-3H,4H2;1H2;2*1H;. The molecule has 0 aliphatic heterocycles. The van der Waals surface area contributed by atoms with Gasteiger partial charge in [0.15, 0.2) is 0 Å². The van der Waals surface area contributed by atoms with Crippen LogP contribution in [0.25, 0.3) is 11.1 Å². The van der Waals surface area contributed by atoms with Crippen LogP contribution in [0.4, 0.5) is 0 Å². The normalized spacial score (nSPS) is 18.0. The second kappa shape index (κ2) is 15.6. The summed E-state index contributed by atoms with van der Waals surface area (Å²) in [7, 11) is 0. The SMILES string of the molecule is Cl.Cl.[CH2]=[Zr]([C]1=CC=CC1)([c]1ccc(C2CCCCC2)cc1)([c]1ccc(C2CCCCC2)cc1)[c]1c(C(C)(C)C)ccc2c1Cc1cc(C(C)(C)C)ccc1-2. The van der Waals surface area contributed by atoms with Gasteiger partial charge in [-0.1, -0.05) is 0 Å². The summed E-state index contributed by atoms with van der Waals surface area (Å²) < 4.78 is 12.2. The van der Waals surface area contributed by atoms with E-state index in [-0.39, 0.29) is 35.6 Å². The van der Waals surface area contributed by atoms with Gasteiger partial charge in [0.25, 0.3) is 0 Å². The van der Waals surface area contributed by atoms with E-state index in [4.69, 9.17) is 4.21 Å². The van der Waals surface area contributed by atoms with E-state index in [1.54, 1.807) is 12.1 Å². The minimum atomic E-state index is -4.95. The Morgan fingerprint density at radius 3 is 1.57 bits per heavy atom. The van der Waals surface area contributed by atoms with Crippen LogP contribution in [0.1, 0.15) is 157 Å². The second-order valence-electron chi connectivity index (χ2n) is 19.3. The first-order chi connectivity index (χ1) is 24.9. The van der Waals surface area contributed by atoms with E-state index in [9.17, 15) is 0 Å². The van der Waals surface area contributed by atoms with Crippen molar-refractivity contribution in [3.8, 4) is 11.1 Å². The molecule has 2 saturated carbocycles. The molecule has 0 radical (unpaired) electrons. The van der Waals surface area contributed by atoms with E-state index in [0.717, 1.165) is 12.8 Å². The average Bonchev–Trinajstić information content (AvgIpc) is 3.84. The van der Waals surface area contributed by atoms with E-state index in [0.29, 0.717) is 11.8 Å². The minimum absolute atomic E-state index is 0. The molecule has 54 heavy (non-hydrogen) atoms. The number of hydrogen-bond acceptors (Lipinski definition) is 0. The summed E-state index contributed by atoms with van der Waals surface area (Å²) >= 11 is -4.95. The molecule has 0 nitrogen and oxygen atoms in total. The molecule has 2 fully saturated rings. The molecule has 3 heteroatoms. The monoisotopic (exact) mass is 836 g/mol. The van der Waals surface area contributed by atoms with Crippen LogP contribution in [0.2, 0.25) is 0 Å². The van der Waals surface area contributed by atoms with E-state index in [1.807, 2.05) is 0 Å². The van der Waals surface area contributed by atoms with Crippen LogP contribution in [0.3, 0.4) is 0 Å². The van der Waals surface area contributed by atoms with Crippen LogP contribution in [-0.4, -0.2) is 4.21 Å². The average molecular weight is 839 g/mol. The van der Waals surface area contributed by atoms with Crippen molar-refractivity contribution in [1.82, 2.24) is 0 Å². The van der Waals surface area contributed by atoms with Crippen LogP contribution in [0.15, 0.2) is 100 Å². The molecule has 8 rings (SSSR count). The van der Waals surface area contributed by atoms with Gasteiger partial charge in [-0.3, -0.25) is 0 Å². The molecule has 0 saturated heterocycles. The number of rotatable bonds is 6. The Morgan fingerprint density at radius 1 is 0.593 bits per heavy atom. The van der Waals surface area contributed by atoms with Gasteiger partial charge in [0.1, 0.15) is 0 Å². The Balaban J connectivity index is 0.00000249. The van der Waals surface area contributed by atoms with Gasteiger partial charge in [0.05, 0.1) is 0 Å². The molecule has 4 aliphatic carbocycles. The van der Waals surface area contributed by atoms with Crippen LogP contribution >= 0.6 is 24.8 Å². The van der Waals surface area contributed by atoms with E-state index < -0.39 is 18.3 Å². The molecule has 4 aromatic carbocycles. The van der Waals surface area contributed by atoms with Gasteiger partial charge in [-0.15, -0.1) is 24.8 Å². The molecular formula is C51H64Cl2Zr. The summed E-state index contributed by atoms with van der Waals surface area (Å²) in [5, 5.41) is 0. The van der Waals surface area contributed by atoms with Crippen LogP contribution in [0, 0.1) is 0 Å². The van der Waals surface area contributed by atoms with Gasteiger partial charge in [-0.25, -0.2) is 0 Å². The van der Waals surface area contributed by atoms with Crippen molar-refractivity contribution >= 4 is 38.8 Å². The van der Waals surface area contributed by atoms with Gasteiger partial charge in [0, 0.05) is 0 Å². The Labute approximate surface area is 340 Å². The molecule has 0 amide bonds. The molecule has 4 aliphatic rings. The van der Waals surface area contributed by atoms with Crippen molar-refractivity contribution in [2.75, 3.05) is 0 Å². The molecule has 0 aromatic heterocycles. The number of halogens is 2. The Kier molecular flexibility index (Phi) is 11.9. The second-order valence-corrected chi connectivity index (χ2v) is 32.1. The van der Waals surface area contributed by atoms with Gasteiger partial charge in [0.2, 0.25) is 0 Å². The van der Waals surface area contributed by atoms with Crippen molar-refractivity contribution in [3.63, 3.8) is 0 Å². The molecule has 0 bridgehead atoms. The zero-order chi connectivity index (χ0) is 36.3. The maximum absolute atomic E-state index is 5.95. The van der Waals surface area contributed by atoms with Gasteiger partial charge < -0.3 is 0 Å². The number of fused-ring (bicyclic) bond motifs is 3. The maximum atomic E-state index is 5.95. The summed E-state index contributed by atoms with van der Waals surface area (Å²) in [6, 6.07) is 32.8. The molecule has 0 unspecified atom stereocenters. The van der Waals surface area contributed by atoms with E-state index >= 15 is 0 Å². The van der Waals surface area contributed by atoms with Crippen LogP contribution in [-0.2, 0) is 35.5 Å². The Morgan fingerprint density at radius 2 is 1.11 bits per heavy atom. The van der Waals surface area contributed by atoms with Crippen LogP contribution < -0.4 is 9.81 Å². The fourth-order valence-corrected chi connectivity index (χ4v) is 27.6. The summed E-state index contributed by atoms with van der Waals surface area (Å²) in [5.41, 5.74) is 12.0. The third-order valence-corrected chi connectivity index (χ3v) is 30.4. The topological polar surface area (TPSA) is 0 Å². The summed E-state index contributed by atoms with van der Waals surface area (Å²) in [5.74, 6) is 1.38. The first-order valence-electron chi connectivity index (χ1n) is 20.8. The predicted molar refractivity (Wildman–Crippen MR) is 239 cm³/mol. The van der Waals surface area contributed by atoms with Crippen molar-refractivity contribution in [3.05, 3.63) is 134 Å². The Bertz CT molecular complexity index is 2040. The van der Waals surface area contributed by atoms with Crippen molar-refractivity contribution < 1.29 is 18.3 Å². The Hall–Kier alpha value is -2.31. The molecule has 0 spiro atoms. The van der Waals surface area contributed by atoms with Crippen molar-refractivity contribution in [1.29, 1.82) is 0 Å². The summed E-state index contributed by atoms with van der Waals surface area (Å²) in [6.07, 6.45) is 22.7. The fraction of sp³-hybridized carbons (Fsp3) is 0.431. The van der Waals surface area contributed by atoms with Crippen LogP contribution in [0.5, 0.6) is 0 Å². The van der Waals surface area contributed by atoms with E-state index in [2.05, 4.69) is 139 Å². The molecule has 4 aromatic rings. The molecule has 286 valence electrons. The number of hydrogen-bond donors (Lipinski definition) is 0. The molecule has 0 N–H and O–H groups in total. The number of benzene rings is 4. The van der Waals surface area contributed by atoms with E-state index in [1.165, 1.54) is 110 Å². The fourth-order valence-electron chi connectivity index (χ4n) is 11.0. The molecule has 0 atom stereocenters. The molecule has 0 heterocycles. The zero-order valence-electron chi connectivity index (χ0n) is 33.9. The third-order valence-electron chi connectivity index (χ3n) is 14.0. The van der Waals surface area contributed by atoms with Gasteiger partial charge >= 0.3 is 318 Å². The first-order valence-corrected chi connectivity index (χ1v) is 27.4. The van der Waals surface area contributed by atoms with Gasteiger partial charge in [-0.05, 0) is 0 Å². The zero-order valence-corrected chi connectivity index (χ0v) is 38.0. The van der Waals surface area contributed by atoms with Gasteiger partial charge in [-0.2, -0.15) is 0 Å². The first kappa shape index (κ1) is 41.3. The summed E-state index contributed by atoms with van der Waals surface area (Å²) in [4.78, 5) is 0. The summed E-state index contributed by atoms with van der Waals surface area (Å²) in [6.45, 7) is 14.4.